The molecular weight excluding hydrogens is 422 g/mol. The first-order valence-electron chi connectivity index (χ1n) is 10.1. The highest BCUT2D eigenvalue weighted by Gasteiger charge is 2.18. The van der Waals surface area contributed by atoms with Gasteiger partial charge < -0.3 is 9.47 Å². The van der Waals surface area contributed by atoms with Gasteiger partial charge in [0.25, 0.3) is 0 Å². The van der Waals surface area contributed by atoms with E-state index >= 15 is 0 Å². The Hall–Kier alpha value is -3.58. The summed E-state index contributed by atoms with van der Waals surface area (Å²) in [5.74, 6) is 1.73. The molecule has 1 aromatic heterocycles. The van der Waals surface area contributed by atoms with Crippen molar-refractivity contribution in [2.75, 3.05) is 14.2 Å². The molecule has 6 nitrogen and oxygen atoms in total. The van der Waals surface area contributed by atoms with Crippen molar-refractivity contribution in [3.05, 3.63) is 89.5 Å². The van der Waals surface area contributed by atoms with E-state index in [-0.39, 0.29) is 5.97 Å². The second kappa shape index (κ2) is 9.70. The lowest BCUT2D eigenvalue weighted by Crippen LogP contribution is -2.05. The summed E-state index contributed by atoms with van der Waals surface area (Å²) in [6, 6.07) is 23.4. The highest BCUT2D eigenvalue weighted by Crippen LogP contribution is 2.31. The van der Waals surface area contributed by atoms with Crippen LogP contribution in [0.2, 0.25) is 0 Å². The first-order valence-corrected chi connectivity index (χ1v) is 11.0. The number of carbonyl (C=O) groups is 1. The quantitative estimate of drug-likeness (QED) is 0.283. The average Bonchev–Trinajstić information content (AvgIpc) is 3.26. The molecule has 162 valence electrons. The molecule has 0 saturated carbocycles. The van der Waals surface area contributed by atoms with Gasteiger partial charge in [-0.1, -0.05) is 42.1 Å². The van der Waals surface area contributed by atoms with Crippen LogP contribution >= 0.6 is 11.8 Å². The fraction of sp³-hybridized carbons (Fsp3) is 0.160. The molecule has 0 amide bonds. The summed E-state index contributed by atoms with van der Waals surface area (Å²) in [6.07, 6.45) is 0. The SMILES string of the molecule is COC(=O)c1ccccc1CSc1nnc(-c2ccc(OC)cc2)n1-c1cccc(C)c1. The summed E-state index contributed by atoms with van der Waals surface area (Å²) in [4.78, 5) is 12.1. The lowest BCUT2D eigenvalue weighted by atomic mass is 10.1. The first kappa shape index (κ1) is 21.6. The van der Waals surface area contributed by atoms with Gasteiger partial charge in [-0.05, 0) is 60.5 Å². The van der Waals surface area contributed by atoms with Crippen molar-refractivity contribution < 1.29 is 14.3 Å². The van der Waals surface area contributed by atoms with Crippen LogP contribution in [0.3, 0.4) is 0 Å². The number of rotatable bonds is 7. The minimum absolute atomic E-state index is 0.347. The second-order valence-electron chi connectivity index (χ2n) is 7.15. The Balaban J connectivity index is 1.73. The van der Waals surface area contributed by atoms with E-state index in [4.69, 9.17) is 9.47 Å². The predicted molar refractivity (Wildman–Crippen MR) is 125 cm³/mol. The van der Waals surface area contributed by atoms with E-state index in [1.807, 2.05) is 59.2 Å². The van der Waals surface area contributed by atoms with E-state index in [2.05, 4.69) is 29.3 Å². The van der Waals surface area contributed by atoms with Crippen LogP contribution < -0.4 is 4.74 Å². The van der Waals surface area contributed by atoms with Gasteiger partial charge >= 0.3 is 5.97 Å². The van der Waals surface area contributed by atoms with Crippen LogP contribution in [0.4, 0.5) is 0 Å². The van der Waals surface area contributed by atoms with Gasteiger partial charge in [0.05, 0.1) is 19.8 Å². The summed E-state index contributed by atoms with van der Waals surface area (Å²) in [5.41, 5.74) is 4.49. The fourth-order valence-electron chi connectivity index (χ4n) is 3.39. The van der Waals surface area contributed by atoms with Crippen molar-refractivity contribution in [2.45, 2.75) is 17.8 Å². The Morgan fingerprint density at radius 2 is 1.75 bits per heavy atom. The molecule has 32 heavy (non-hydrogen) atoms. The molecule has 4 aromatic rings. The molecule has 0 radical (unpaired) electrons. The Kier molecular flexibility index (Phi) is 6.56. The standard InChI is InChI=1S/C25H23N3O3S/c1-17-7-6-9-20(15-17)28-23(18-11-13-21(30-2)14-12-18)26-27-25(28)32-16-19-8-4-5-10-22(19)24(29)31-3/h4-15H,16H2,1-3H3. The summed E-state index contributed by atoms with van der Waals surface area (Å²) >= 11 is 1.52. The van der Waals surface area contributed by atoms with Gasteiger partial charge in [-0.2, -0.15) is 0 Å². The van der Waals surface area contributed by atoms with Crippen LogP contribution in [0.25, 0.3) is 17.1 Å². The van der Waals surface area contributed by atoms with Crippen molar-refractivity contribution in [3.8, 4) is 22.8 Å². The molecule has 0 aliphatic rings. The summed E-state index contributed by atoms with van der Waals surface area (Å²) in [6.45, 7) is 2.06. The van der Waals surface area contributed by atoms with Gasteiger partial charge in [0.1, 0.15) is 5.75 Å². The van der Waals surface area contributed by atoms with Crippen molar-refractivity contribution in [1.29, 1.82) is 0 Å². The maximum atomic E-state index is 12.1. The maximum absolute atomic E-state index is 12.1. The number of thioether (sulfide) groups is 1. The van der Waals surface area contributed by atoms with Gasteiger partial charge in [-0.25, -0.2) is 4.79 Å². The third-order valence-corrected chi connectivity index (χ3v) is 6.00. The topological polar surface area (TPSA) is 66.2 Å². The van der Waals surface area contributed by atoms with E-state index in [0.717, 1.165) is 39.1 Å². The van der Waals surface area contributed by atoms with Crippen LogP contribution in [-0.2, 0) is 10.5 Å². The van der Waals surface area contributed by atoms with Crippen LogP contribution in [0.5, 0.6) is 5.75 Å². The Bertz CT molecular complexity index is 1240. The smallest absolute Gasteiger partial charge is 0.338 e. The van der Waals surface area contributed by atoms with Crippen molar-refractivity contribution in [1.82, 2.24) is 14.8 Å². The van der Waals surface area contributed by atoms with E-state index in [1.165, 1.54) is 18.9 Å². The molecule has 7 heteroatoms. The molecule has 0 aliphatic carbocycles. The molecule has 0 unspecified atom stereocenters. The summed E-state index contributed by atoms with van der Waals surface area (Å²) in [7, 11) is 3.03. The Morgan fingerprint density at radius 1 is 0.969 bits per heavy atom. The van der Waals surface area contributed by atoms with E-state index < -0.39 is 0 Å². The van der Waals surface area contributed by atoms with Crippen molar-refractivity contribution in [2.24, 2.45) is 0 Å². The second-order valence-corrected chi connectivity index (χ2v) is 8.09. The van der Waals surface area contributed by atoms with Crippen molar-refractivity contribution in [3.63, 3.8) is 0 Å². The number of ether oxygens (including phenoxy) is 2. The first-order chi connectivity index (χ1) is 15.6. The zero-order chi connectivity index (χ0) is 22.5. The highest BCUT2D eigenvalue weighted by molar-refractivity contribution is 7.98. The number of aromatic nitrogens is 3. The average molecular weight is 446 g/mol. The maximum Gasteiger partial charge on any atom is 0.338 e. The number of benzene rings is 3. The van der Waals surface area contributed by atoms with E-state index in [1.54, 1.807) is 13.2 Å². The summed E-state index contributed by atoms with van der Waals surface area (Å²) < 4.78 is 12.2. The molecule has 0 saturated heterocycles. The molecule has 0 spiro atoms. The van der Waals surface area contributed by atoms with Gasteiger partial charge in [0.15, 0.2) is 11.0 Å². The van der Waals surface area contributed by atoms with Gasteiger partial charge in [0.2, 0.25) is 0 Å². The monoisotopic (exact) mass is 445 g/mol. The largest absolute Gasteiger partial charge is 0.497 e. The van der Waals surface area contributed by atoms with Crippen molar-refractivity contribution >= 4 is 17.7 Å². The molecule has 0 N–H and O–H groups in total. The zero-order valence-electron chi connectivity index (χ0n) is 18.1. The minimum Gasteiger partial charge on any atom is -0.497 e. The highest BCUT2D eigenvalue weighted by atomic mass is 32.2. The van der Waals surface area contributed by atoms with Crippen LogP contribution in [0.1, 0.15) is 21.5 Å². The van der Waals surface area contributed by atoms with Crippen LogP contribution in [0.15, 0.2) is 78.0 Å². The number of carbonyl (C=O) groups excluding carboxylic acids is 1. The molecule has 0 atom stereocenters. The zero-order valence-corrected chi connectivity index (χ0v) is 18.9. The number of hydrogen-bond acceptors (Lipinski definition) is 6. The molecule has 4 rings (SSSR count). The molecule has 1 heterocycles. The minimum atomic E-state index is -0.347. The van der Waals surface area contributed by atoms with Gasteiger partial charge in [-0.15, -0.1) is 10.2 Å². The van der Waals surface area contributed by atoms with Crippen LogP contribution in [-0.4, -0.2) is 35.0 Å². The van der Waals surface area contributed by atoms with Crippen LogP contribution in [0, 0.1) is 6.92 Å². The Labute approximate surface area is 191 Å². The lowest BCUT2D eigenvalue weighted by molar-refractivity contribution is 0.0600. The van der Waals surface area contributed by atoms with Gasteiger partial charge in [0, 0.05) is 17.0 Å². The third kappa shape index (κ3) is 4.53. The van der Waals surface area contributed by atoms with E-state index in [0.29, 0.717) is 11.3 Å². The third-order valence-electron chi connectivity index (χ3n) is 5.02. The molecule has 0 fully saturated rings. The molecule has 0 aliphatic heterocycles. The fourth-order valence-corrected chi connectivity index (χ4v) is 4.34. The molecule has 0 bridgehead atoms. The van der Waals surface area contributed by atoms with Gasteiger partial charge in [-0.3, -0.25) is 4.57 Å². The number of hydrogen-bond donors (Lipinski definition) is 0. The number of esters is 1. The number of methoxy groups -OCH3 is 2. The van der Waals surface area contributed by atoms with E-state index in [9.17, 15) is 4.79 Å². The predicted octanol–water partition coefficient (Wildman–Crippen LogP) is 5.33. The summed E-state index contributed by atoms with van der Waals surface area (Å²) in [5, 5.41) is 9.71. The normalized spacial score (nSPS) is 10.7. The number of nitrogens with zero attached hydrogens (tertiary/aromatic N) is 3. The molecule has 3 aromatic carbocycles. The Morgan fingerprint density at radius 3 is 2.47 bits per heavy atom. The number of aryl methyl sites for hydroxylation is 1. The molecular formula is C25H23N3O3S. The lowest BCUT2D eigenvalue weighted by Gasteiger charge is -2.12.